The molecular formula is C17H20O2. The first-order valence-electron chi connectivity index (χ1n) is 6.73. The van der Waals surface area contributed by atoms with Crippen molar-refractivity contribution in [2.45, 2.75) is 32.3 Å². The van der Waals surface area contributed by atoms with E-state index in [0.717, 1.165) is 24.0 Å². The first kappa shape index (κ1) is 13.6. The summed E-state index contributed by atoms with van der Waals surface area (Å²) in [7, 11) is 0. The van der Waals surface area contributed by atoms with Gasteiger partial charge in [0.1, 0.15) is 5.75 Å². The summed E-state index contributed by atoms with van der Waals surface area (Å²) in [5.41, 5.74) is 2.94. The molecule has 1 atom stereocenters. The minimum absolute atomic E-state index is 0.000907. The van der Waals surface area contributed by atoms with Crippen molar-refractivity contribution in [1.82, 2.24) is 0 Å². The molecule has 19 heavy (non-hydrogen) atoms. The maximum atomic E-state index is 10.1. The molecule has 0 radical (unpaired) electrons. The molecule has 2 heteroatoms. The molecule has 0 aliphatic heterocycles. The summed E-state index contributed by atoms with van der Waals surface area (Å²) >= 11 is 0. The van der Waals surface area contributed by atoms with Crippen molar-refractivity contribution in [3.63, 3.8) is 0 Å². The second kappa shape index (κ2) is 6.39. The van der Waals surface area contributed by atoms with Gasteiger partial charge in [-0.25, -0.2) is 0 Å². The van der Waals surface area contributed by atoms with Crippen molar-refractivity contribution in [2.24, 2.45) is 0 Å². The second-order valence-electron chi connectivity index (χ2n) is 4.80. The first-order chi connectivity index (χ1) is 9.26. The lowest BCUT2D eigenvalue weighted by Crippen LogP contribution is -2.02. The van der Waals surface area contributed by atoms with E-state index in [1.165, 1.54) is 5.56 Å². The van der Waals surface area contributed by atoms with Gasteiger partial charge in [0.05, 0.1) is 6.61 Å². The summed E-state index contributed by atoms with van der Waals surface area (Å²) < 4.78 is 0. The van der Waals surface area contributed by atoms with E-state index in [0.29, 0.717) is 5.75 Å². The molecule has 0 bridgehead atoms. The van der Waals surface area contributed by atoms with Crippen molar-refractivity contribution in [3.8, 4) is 5.75 Å². The Balaban J connectivity index is 2.44. The molecule has 2 N–H and O–H groups in total. The zero-order chi connectivity index (χ0) is 13.7. The molecule has 0 aliphatic carbocycles. The van der Waals surface area contributed by atoms with E-state index in [2.05, 4.69) is 19.1 Å². The largest absolute Gasteiger partial charge is 0.508 e. The zero-order valence-electron chi connectivity index (χ0n) is 11.2. The zero-order valence-corrected chi connectivity index (χ0v) is 11.2. The summed E-state index contributed by atoms with van der Waals surface area (Å²) in [4.78, 5) is 0. The van der Waals surface area contributed by atoms with Gasteiger partial charge in [-0.05, 0) is 29.7 Å². The maximum absolute atomic E-state index is 10.1. The molecular weight excluding hydrogens is 236 g/mol. The van der Waals surface area contributed by atoms with E-state index >= 15 is 0 Å². The third-order valence-electron chi connectivity index (χ3n) is 3.43. The van der Waals surface area contributed by atoms with E-state index in [9.17, 15) is 10.2 Å². The van der Waals surface area contributed by atoms with Crippen LogP contribution in [0.1, 0.15) is 42.4 Å². The predicted molar refractivity (Wildman–Crippen MR) is 77.2 cm³/mol. The van der Waals surface area contributed by atoms with Crippen LogP contribution in [0.4, 0.5) is 0 Å². The fraction of sp³-hybridized carbons (Fsp3) is 0.294. The van der Waals surface area contributed by atoms with Gasteiger partial charge < -0.3 is 10.2 Å². The molecule has 0 aromatic heterocycles. The van der Waals surface area contributed by atoms with Crippen molar-refractivity contribution in [1.29, 1.82) is 0 Å². The smallest absolute Gasteiger partial charge is 0.119 e. The van der Waals surface area contributed by atoms with Crippen LogP contribution in [0.2, 0.25) is 0 Å². The summed E-state index contributed by atoms with van der Waals surface area (Å²) in [6, 6.07) is 15.5. The van der Waals surface area contributed by atoms with Crippen LogP contribution in [-0.4, -0.2) is 10.2 Å². The number of phenolic OH excluding ortho intramolecular Hbond substituents is 1. The summed E-state index contributed by atoms with van der Waals surface area (Å²) in [5, 5.41) is 19.4. The number of hydrogen-bond acceptors (Lipinski definition) is 2. The molecule has 100 valence electrons. The molecule has 0 amide bonds. The van der Waals surface area contributed by atoms with Crippen LogP contribution in [0, 0.1) is 0 Å². The lowest BCUT2D eigenvalue weighted by atomic mass is 9.86. The van der Waals surface area contributed by atoms with Gasteiger partial charge in [-0.2, -0.15) is 0 Å². The highest BCUT2D eigenvalue weighted by Crippen LogP contribution is 2.35. The third-order valence-corrected chi connectivity index (χ3v) is 3.43. The summed E-state index contributed by atoms with van der Waals surface area (Å²) in [6.07, 6.45) is 2.02. The van der Waals surface area contributed by atoms with E-state index in [1.54, 1.807) is 12.1 Å². The van der Waals surface area contributed by atoms with Crippen LogP contribution >= 0.6 is 0 Å². The van der Waals surface area contributed by atoms with Crippen molar-refractivity contribution < 1.29 is 10.2 Å². The molecule has 1 unspecified atom stereocenters. The SMILES string of the molecule is CCCC(c1ccccc1)c1cc(CO)ccc1O. The fourth-order valence-corrected chi connectivity index (χ4v) is 2.46. The molecule has 2 aromatic rings. The number of phenols is 1. The van der Waals surface area contributed by atoms with E-state index in [1.807, 2.05) is 24.3 Å². The Morgan fingerprint density at radius 2 is 1.79 bits per heavy atom. The van der Waals surface area contributed by atoms with E-state index in [-0.39, 0.29) is 12.5 Å². The maximum Gasteiger partial charge on any atom is 0.119 e. The Labute approximate surface area is 114 Å². The van der Waals surface area contributed by atoms with Crippen LogP contribution in [-0.2, 0) is 6.61 Å². The number of aromatic hydroxyl groups is 1. The van der Waals surface area contributed by atoms with Gasteiger partial charge in [-0.15, -0.1) is 0 Å². The second-order valence-corrected chi connectivity index (χ2v) is 4.80. The molecule has 0 saturated heterocycles. The summed E-state index contributed by atoms with van der Waals surface area (Å²) in [5.74, 6) is 0.484. The average molecular weight is 256 g/mol. The normalized spacial score (nSPS) is 12.3. The topological polar surface area (TPSA) is 40.5 Å². The molecule has 2 aromatic carbocycles. The number of hydrogen-bond donors (Lipinski definition) is 2. The van der Waals surface area contributed by atoms with Crippen LogP contribution in [0.15, 0.2) is 48.5 Å². The van der Waals surface area contributed by atoms with Gasteiger partial charge in [0.2, 0.25) is 0 Å². The van der Waals surface area contributed by atoms with Crippen molar-refractivity contribution in [2.75, 3.05) is 0 Å². The number of rotatable bonds is 5. The number of aliphatic hydroxyl groups is 1. The number of aliphatic hydroxyl groups excluding tert-OH is 1. The van der Waals surface area contributed by atoms with Crippen molar-refractivity contribution >= 4 is 0 Å². The molecule has 2 nitrogen and oxygen atoms in total. The fourth-order valence-electron chi connectivity index (χ4n) is 2.46. The molecule has 0 spiro atoms. The molecule has 0 fully saturated rings. The minimum Gasteiger partial charge on any atom is -0.508 e. The number of benzene rings is 2. The molecule has 2 rings (SSSR count). The van der Waals surface area contributed by atoms with E-state index < -0.39 is 0 Å². The Morgan fingerprint density at radius 1 is 1.05 bits per heavy atom. The van der Waals surface area contributed by atoms with Crippen LogP contribution in [0.5, 0.6) is 5.75 Å². The Kier molecular flexibility index (Phi) is 4.58. The van der Waals surface area contributed by atoms with Crippen molar-refractivity contribution in [3.05, 3.63) is 65.2 Å². The van der Waals surface area contributed by atoms with Gasteiger partial charge in [0.25, 0.3) is 0 Å². The van der Waals surface area contributed by atoms with Gasteiger partial charge in [0.15, 0.2) is 0 Å². The lowest BCUT2D eigenvalue weighted by Gasteiger charge is -2.19. The minimum atomic E-state index is 0.000907. The van der Waals surface area contributed by atoms with Gasteiger partial charge >= 0.3 is 0 Å². The van der Waals surface area contributed by atoms with Gasteiger partial charge in [-0.1, -0.05) is 49.7 Å². The van der Waals surface area contributed by atoms with E-state index in [4.69, 9.17) is 0 Å². The third kappa shape index (κ3) is 3.15. The highest BCUT2D eigenvalue weighted by atomic mass is 16.3. The lowest BCUT2D eigenvalue weighted by molar-refractivity contribution is 0.281. The standard InChI is InChI=1S/C17H20O2/c1-2-6-15(14-7-4-3-5-8-14)16-11-13(12-18)9-10-17(16)19/h3-5,7-11,15,18-19H,2,6,12H2,1H3. The van der Waals surface area contributed by atoms with Crippen LogP contribution in [0.25, 0.3) is 0 Å². The Bertz CT molecular complexity index is 520. The molecule has 0 heterocycles. The average Bonchev–Trinajstić information content (AvgIpc) is 2.47. The highest BCUT2D eigenvalue weighted by molar-refractivity contribution is 5.43. The molecule has 0 saturated carbocycles. The Hall–Kier alpha value is -1.80. The monoisotopic (exact) mass is 256 g/mol. The first-order valence-corrected chi connectivity index (χ1v) is 6.73. The Morgan fingerprint density at radius 3 is 2.42 bits per heavy atom. The summed E-state index contributed by atoms with van der Waals surface area (Å²) in [6.45, 7) is 2.14. The quantitative estimate of drug-likeness (QED) is 0.853. The van der Waals surface area contributed by atoms with Gasteiger partial charge in [-0.3, -0.25) is 0 Å². The van der Waals surface area contributed by atoms with Gasteiger partial charge in [0, 0.05) is 11.5 Å². The van der Waals surface area contributed by atoms with Crippen LogP contribution in [0.3, 0.4) is 0 Å². The predicted octanol–water partition coefficient (Wildman–Crippen LogP) is 3.82. The molecule has 0 aliphatic rings. The highest BCUT2D eigenvalue weighted by Gasteiger charge is 2.17. The van der Waals surface area contributed by atoms with Crippen LogP contribution < -0.4 is 0 Å².